The molecule has 15 heavy (non-hydrogen) atoms. The van der Waals surface area contributed by atoms with Gasteiger partial charge in [-0.05, 0) is 24.1 Å². The number of carboxylic acids is 1. The number of halogens is 1. The van der Waals surface area contributed by atoms with E-state index < -0.39 is 11.3 Å². The Balaban J connectivity index is 2.87. The quantitative estimate of drug-likeness (QED) is 0.806. The van der Waals surface area contributed by atoms with Crippen LogP contribution in [0.25, 0.3) is 0 Å². The number of aryl methyl sites for hydroxylation is 1. The fourth-order valence-electron chi connectivity index (χ4n) is 1.37. The molecular weight excluding hydrogens is 216 g/mol. The number of benzene rings is 1. The molecule has 0 saturated carbocycles. The lowest BCUT2D eigenvalue weighted by Gasteiger charge is -2.10. The predicted octanol–water partition coefficient (Wildman–Crippen LogP) is 2.76. The molecule has 1 aromatic rings. The minimum Gasteiger partial charge on any atom is -0.496 e. The Labute approximate surface area is 93.6 Å². The standard InChI is InChI=1S/C11H13ClO3/c1-7-5-8(3-4-10(7)15-2)9(12)6-11(13)14/h3-5,9H,6H2,1-2H3,(H,13,14). The molecule has 0 radical (unpaired) electrons. The highest BCUT2D eigenvalue weighted by Gasteiger charge is 2.13. The van der Waals surface area contributed by atoms with Crippen molar-refractivity contribution in [1.29, 1.82) is 0 Å². The smallest absolute Gasteiger partial charge is 0.305 e. The number of methoxy groups -OCH3 is 1. The minimum absolute atomic E-state index is 0.0761. The van der Waals surface area contributed by atoms with Crippen molar-refractivity contribution in [2.75, 3.05) is 7.11 Å². The van der Waals surface area contributed by atoms with Crippen LogP contribution in [0.15, 0.2) is 18.2 Å². The van der Waals surface area contributed by atoms with Crippen LogP contribution in [-0.2, 0) is 4.79 Å². The summed E-state index contributed by atoms with van der Waals surface area (Å²) in [6.45, 7) is 1.90. The summed E-state index contributed by atoms with van der Waals surface area (Å²) >= 11 is 5.95. The average Bonchev–Trinajstić information content (AvgIpc) is 2.16. The molecule has 1 aromatic carbocycles. The van der Waals surface area contributed by atoms with E-state index in [2.05, 4.69) is 0 Å². The first kappa shape index (κ1) is 11.9. The molecule has 4 heteroatoms. The Morgan fingerprint density at radius 1 is 1.60 bits per heavy atom. The maximum atomic E-state index is 10.5. The Morgan fingerprint density at radius 2 is 2.27 bits per heavy atom. The van der Waals surface area contributed by atoms with E-state index in [9.17, 15) is 4.79 Å². The molecule has 1 atom stereocenters. The molecular formula is C11H13ClO3. The molecule has 0 spiro atoms. The van der Waals surface area contributed by atoms with Gasteiger partial charge in [0.15, 0.2) is 0 Å². The van der Waals surface area contributed by atoms with Gasteiger partial charge < -0.3 is 9.84 Å². The minimum atomic E-state index is -0.900. The van der Waals surface area contributed by atoms with E-state index >= 15 is 0 Å². The van der Waals surface area contributed by atoms with E-state index in [0.29, 0.717) is 0 Å². The van der Waals surface area contributed by atoms with Crippen LogP contribution >= 0.6 is 11.6 Å². The molecule has 0 bridgehead atoms. The maximum Gasteiger partial charge on any atom is 0.305 e. The van der Waals surface area contributed by atoms with Gasteiger partial charge in [-0.2, -0.15) is 0 Å². The molecule has 0 fully saturated rings. The topological polar surface area (TPSA) is 46.5 Å². The van der Waals surface area contributed by atoms with E-state index in [1.165, 1.54) is 0 Å². The molecule has 0 heterocycles. The zero-order valence-corrected chi connectivity index (χ0v) is 9.41. The van der Waals surface area contributed by atoms with Crippen molar-refractivity contribution in [2.24, 2.45) is 0 Å². The second kappa shape index (κ2) is 5.03. The summed E-state index contributed by atoms with van der Waals surface area (Å²) in [6, 6.07) is 5.42. The molecule has 0 aliphatic carbocycles. The summed E-state index contributed by atoms with van der Waals surface area (Å²) in [6.07, 6.45) is -0.0761. The first-order chi connectivity index (χ1) is 7.04. The molecule has 3 nitrogen and oxygen atoms in total. The third-order valence-corrected chi connectivity index (χ3v) is 2.54. The number of carbonyl (C=O) groups is 1. The van der Waals surface area contributed by atoms with Crippen molar-refractivity contribution < 1.29 is 14.6 Å². The monoisotopic (exact) mass is 228 g/mol. The molecule has 1 rings (SSSR count). The van der Waals surface area contributed by atoms with Gasteiger partial charge in [-0.3, -0.25) is 4.79 Å². The van der Waals surface area contributed by atoms with Crippen LogP contribution in [0.1, 0.15) is 22.9 Å². The molecule has 0 aliphatic heterocycles. The number of alkyl halides is 1. The summed E-state index contributed by atoms with van der Waals surface area (Å²) < 4.78 is 5.10. The van der Waals surface area contributed by atoms with Gasteiger partial charge in [-0.15, -0.1) is 11.6 Å². The Kier molecular flexibility index (Phi) is 3.97. The summed E-state index contributed by atoms with van der Waals surface area (Å²) in [5.41, 5.74) is 1.75. The van der Waals surface area contributed by atoms with Gasteiger partial charge in [0.2, 0.25) is 0 Å². The van der Waals surface area contributed by atoms with Crippen LogP contribution in [0.3, 0.4) is 0 Å². The van der Waals surface area contributed by atoms with Crippen molar-refractivity contribution in [3.63, 3.8) is 0 Å². The highest BCUT2D eigenvalue weighted by Crippen LogP contribution is 2.28. The van der Waals surface area contributed by atoms with E-state index in [-0.39, 0.29) is 6.42 Å². The lowest BCUT2D eigenvalue weighted by Crippen LogP contribution is -2.01. The van der Waals surface area contributed by atoms with Crippen LogP contribution in [0.2, 0.25) is 0 Å². The van der Waals surface area contributed by atoms with E-state index in [1.54, 1.807) is 19.2 Å². The number of hydrogen-bond acceptors (Lipinski definition) is 2. The van der Waals surface area contributed by atoms with E-state index in [0.717, 1.165) is 16.9 Å². The van der Waals surface area contributed by atoms with Gasteiger partial charge in [0.1, 0.15) is 5.75 Å². The third-order valence-electron chi connectivity index (χ3n) is 2.13. The van der Waals surface area contributed by atoms with Crippen LogP contribution < -0.4 is 4.74 Å². The predicted molar refractivity (Wildman–Crippen MR) is 58.6 cm³/mol. The first-order valence-corrected chi connectivity index (χ1v) is 4.98. The summed E-state index contributed by atoms with van der Waals surface area (Å²) in [4.78, 5) is 10.5. The maximum absolute atomic E-state index is 10.5. The Hall–Kier alpha value is -1.22. The number of hydrogen-bond donors (Lipinski definition) is 1. The van der Waals surface area contributed by atoms with Crippen molar-refractivity contribution in [3.05, 3.63) is 29.3 Å². The van der Waals surface area contributed by atoms with Gasteiger partial charge in [-0.25, -0.2) is 0 Å². The molecule has 1 N–H and O–H groups in total. The fourth-order valence-corrected chi connectivity index (χ4v) is 1.64. The Bertz CT molecular complexity index is 363. The lowest BCUT2D eigenvalue weighted by atomic mass is 10.1. The molecule has 82 valence electrons. The summed E-state index contributed by atoms with van der Waals surface area (Å²) in [7, 11) is 1.59. The number of rotatable bonds is 4. The van der Waals surface area contributed by atoms with Crippen LogP contribution in [-0.4, -0.2) is 18.2 Å². The van der Waals surface area contributed by atoms with Crippen molar-refractivity contribution in [3.8, 4) is 5.75 Å². The number of ether oxygens (including phenoxy) is 1. The highest BCUT2D eigenvalue weighted by molar-refractivity contribution is 6.21. The van der Waals surface area contributed by atoms with Crippen molar-refractivity contribution in [2.45, 2.75) is 18.7 Å². The number of aliphatic carboxylic acids is 1. The van der Waals surface area contributed by atoms with Crippen LogP contribution in [0, 0.1) is 6.92 Å². The molecule has 1 unspecified atom stereocenters. The number of carboxylic acid groups (broad SMARTS) is 1. The zero-order chi connectivity index (χ0) is 11.4. The molecule has 0 saturated heterocycles. The van der Waals surface area contributed by atoms with Crippen molar-refractivity contribution in [1.82, 2.24) is 0 Å². The van der Waals surface area contributed by atoms with Crippen LogP contribution in [0.5, 0.6) is 5.75 Å². The molecule has 0 aliphatic rings. The van der Waals surface area contributed by atoms with Gasteiger partial charge >= 0.3 is 5.97 Å². The summed E-state index contributed by atoms with van der Waals surface area (Å²) in [5.74, 6) is -0.124. The Morgan fingerprint density at radius 3 is 2.73 bits per heavy atom. The third kappa shape index (κ3) is 3.13. The largest absolute Gasteiger partial charge is 0.496 e. The lowest BCUT2D eigenvalue weighted by molar-refractivity contribution is -0.137. The van der Waals surface area contributed by atoms with E-state index in [1.807, 2.05) is 13.0 Å². The summed E-state index contributed by atoms with van der Waals surface area (Å²) in [5, 5.41) is 8.11. The molecule has 0 amide bonds. The van der Waals surface area contributed by atoms with Crippen LogP contribution in [0.4, 0.5) is 0 Å². The SMILES string of the molecule is COc1ccc(C(Cl)CC(=O)O)cc1C. The normalized spacial score (nSPS) is 12.2. The van der Waals surface area contributed by atoms with Gasteiger partial charge in [0.05, 0.1) is 18.9 Å². The highest BCUT2D eigenvalue weighted by atomic mass is 35.5. The van der Waals surface area contributed by atoms with Gasteiger partial charge in [0.25, 0.3) is 0 Å². The second-order valence-electron chi connectivity index (χ2n) is 3.29. The average molecular weight is 229 g/mol. The first-order valence-electron chi connectivity index (χ1n) is 4.55. The second-order valence-corrected chi connectivity index (χ2v) is 3.82. The fraction of sp³-hybridized carbons (Fsp3) is 0.364. The van der Waals surface area contributed by atoms with Gasteiger partial charge in [0, 0.05) is 0 Å². The molecule has 0 aromatic heterocycles. The zero-order valence-electron chi connectivity index (χ0n) is 8.66. The van der Waals surface area contributed by atoms with Crippen molar-refractivity contribution >= 4 is 17.6 Å². The van der Waals surface area contributed by atoms with Gasteiger partial charge in [-0.1, -0.05) is 12.1 Å². The van der Waals surface area contributed by atoms with E-state index in [4.69, 9.17) is 21.4 Å².